The van der Waals surface area contributed by atoms with Crippen LogP contribution in [0, 0.1) is 0 Å². The maximum atomic E-state index is 13.1. The number of aromatic nitrogens is 2. The molecule has 2 aromatic heterocycles. The second kappa shape index (κ2) is 8.71. The van der Waals surface area contributed by atoms with E-state index in [1.54, 1.807) is 34.9 Å². The summed E-state index contributed by atoms with van der Waals surface area (Å²) in [5.41, 5.74) is 1.71. The van der Waals surface area contributed by atoms with Gasteiger partial charge in [0.15, 0.2) is 5.16 Å². The number of benzene rings is 2. The van der Waals surface area contributed by atoms with E-state index in [-0.39, 0.29) is 17.2 Å². The van der Waals surface area contributed by atoms with Crippen LogP contribution in [0.15, 0.2) is 74.4 Å². The maximum Gasteiger partial charge on any atom is 0.276 e. The third kappa shape index (κ3) is 4.40. The number of hydrogen-bond acceptors (Lipinski definition) is 5. The summed E-state index contributed by atoms with van der Waals surface area (Å²) in [5, 5.41) is 5.54. The molecule has 0 unspecified atom stereocenters. The number of rotatable bonds is 5. The molecule has 0 bridgehead atoms. The third-order valence-corrected chi connectivity index (χ3v) is 6.70. The number of thioether (sulfide) groups is 1. The molecule has 0 aliphatic heterocycles. The second-order valence-electron chi connectivity index (χ2n) is 5.96. The van der Waals surface area contributed by atoms with Gasteiger partial charge in [-0.3, -0.25) is 14.2 Å². The molecule has 0 aliphatic rings. The Hall–Kier alpha value is -2.13. The lowest BCUT2D eigenvalue weighted by Crippen LogP contribution is -2.22. The number of nitrogens with zero attached hydrogens (tertiary/aromatic N) is 2. The molecule has 146 valence electrons. The number of nitrogens with one attached hydrogen (secondary N) is 1. The van der Waals surface area contributed by atoms with Crippen LogP contribution in [0.4, 0.5) is 5.69 Å². The number of carbonyl (C=O) groups is 1. The topological polar surface area (TPSA) is 64.0 Å². The van der Waals surface area contributed by atoms with Crippen LogP contribution < -0.4 is 10.9 Å². The lowest BCUT2D eigenvalue weighted by molar-refractivity contribution is -0.113. The number of halogens is 2. The fourth-order valence-corrected chi connectivity index (χ4v) is 4.71. The third-order valence-electron chi connectivity index (χ3n) is 4.01. The molecule has 5 nitrogen and oxygen atoms in total. The van der Waals surface area contributed by atoms with Gasteiger partial charge in [-0.05, 0) is 47.8 Å². The van der Waals surface area contributed by atoms with Crippen LogP contribution in [0.3, 0.4) is 0 Å². The molecule has 1 amide bonds. The molecule has 9 heteroatoms. The SMILES string of the molecule is O=C(CSc1nc2ccsc2c(=O)n1-c1ccc(Br)cc1)Nc1ccccc1Cl. The highest BCUT2D eigenvalue weighted by Gasteiger charge is 2.16. The zero-order valence-corrected chi connectivity index (χ0v) is 18.7. The highest BCUT2D eigenvalue weighted by Crippen LogP contribution is 2.25. The first-order valence-electron chi connectivity index (χ1n) is 8.46. The number of fused-ring (bicyclic) bond motifs is 1. The van der Waals surface area contributed by atoms with Gasteiger partial charge in [-0.15, -0.1) is 11.3 Å². The van der Waals surface area contributed by atoms with Crippen molar-refractivity contribution in [2.24, 2.45) is 0 Å². The van der Waals surface area contributed by atoms with Gasteiger partial charge in [0.2, 0.25) is 5.91 Å². The average Bonchev–Trinajstić information content (AvgIpc) is 3.18. The molecule has 4 aromatic rings. The summed E-state index contributed by atoms with van der Waals surface area (Å²) in [6, 6.07) is 16.2. The maximum absolute atomic E-state index is 13.1. The first-order valence-corrected chi connectivity index (χ1v) is 11.5. The van der Waals surface area contributed by atoms with Crippen molar-refractivity contribution in [3.63, 3.8) is 0 Å². The highest BCUT2D eigenvalue weighted by atomic mass is 79.9. The van der Waals surface area contributed by atoms with Gasteiger partial charge in [-0.25, -0.2) is 4.98 Å². The summed E-state index contributed by atoms with van der Waals surface area (Å²) < 4.78 is 3.03. The Labute approximate surface area is 187 Å². The summed E-state index contributed by atoms with van der Waals surface area (Å²) in [6.07, 6.45) is 0. The van der Waals surface area contributed by atoms with Crippen molar-refractivity contribution in [1.82, 2.24) is 9.55 Å². The summed E-state index contributed by atoms with van der Waals surface area (Å²) >= 11 is 12.1. The fraction of sp³-hybridized carbons (Fsp3) is 0.0500. The zero-order chi connectivity index (χ0) is 20.4. The number of carbonyl (C=O) groups excluding carboxylic acids is 1. The van der Waals surface area contributed by atoms with E-state index in [2.05, 4.69) is 26.2 Å². The Kier molecular flexibility index (Phi) is 6.05. The molecule has 0 aliphatic carbocycles. The van der Waals surface area contributed by atoms with Gasteiger partial charge in [0.25, 0.3) is 5.56 Å². The van der Waals surface area contributed by atoms with Gasteiger partial charge in [0.1, 0.15) is 4.70 Å². The molecular formula is C20H13BrClN3O2S2. The molecule has 2 aromatic carbocycles. The molecule has 29 heavy (non-hydrogen) atoms. The molecule has 0 saturated heterocycles. The summed E-state index contributed by atoms with van der Waals surface area (Å²) in [4.78, 5) is 30.1. The van der Waals surface area contributed by atoms with Crippen molar-refractivity contribution >= 4 is 72.4 Å². The normalized spacial score (nSPS) is 11.0. The molecule has 4 rings (SSSR count). The van der Waals surface area contributed by atoms with Crippen molar-refractivity contribution in [3.05, 3.63) is 79.8 Å². The lowest BCUT2D eigenvalue weighted by atomic mass is 10.3. The molecule has 0 saturated carbocycles. The van der Waals surface area contributed by atoms with E-state index in [4.69, 9.17) is 11.6 Å². The minimum atomic E-state index is -0.231. The Bertz CT molecular complexity index is 1250. The van der Waals surface area contributed by atoms with E-state index >= 15 is 0 Å². The number of anilines is 1. The number of hydrogen-bond donors (Lipinski definition) is 1. The minimum absolute atomic E-state index is 0.0871. The van der Waals surface area contributed by atoms with Crippen LogP contribution in [-0.2, 0) is 4.79 Å². The molecular weight excluding hydrogens is 494 g/mol. The Balaban J connectivity index is 1.65. The smallest absolute Gasteiger partial charge is 0.276 e. The molecule has 2 heterocycles. The number of amides is 1. The van der Waals surface area contributed by atoms with Crippen molar-refractivity contribution in [2.45, 2.75) is 5.16 Å². The largest absolute Gasteiger partial charge is 0.324 e. The summed E-state index contributed by atoms with van der Waals surface area (Å²) in [7, 11) is 0. The van der Waals surface area contributed by atoms with E-state index in [9.17, 15) is 9.59 Å². The van der Waals surface area contributed by atoms with Gasteiger partial charge in [0, 0.05) is 4.47 Å². The standard InChI is InChI=1S/C20H13BrClN3O2S2/c21-12-5-7-13(8-6-12)25-19(27)18-16(9-10-28-18)24-20(25)29-11-17(26)23-15-4-2-1-3-14(15)22/h1-10H,11H2,(H,23,26). The van der Waals surface area contributed by atoms with Crippen LogP contribution >= 0.6 is 50.6 Å². The first-order chi connectivity index (χ1) is 14.0. The van der Waals surface area contributed by atoms with Gasteiger partial charge in [0.05, 0.1) is 27.7 Å². The lowest BCUT2D eigenvalue weighted by Gasteiger charge is -2.12. The van der Waals surface area contributed by atoms with Crippen molar-refractivity contribution in [2.75, 3.05) is 11.1 Å². The first kappa shape index (κ1) is 20.2. The fourth-order valence-electron chi connectivity index (χ4n) is 2.69. The molecule has 0 spiro atoms. The zero-order valence-electron chi connectivity index (χ0n) is 14.8. The Morgan fingerprint density at radius 2 is 1.93 bits per heavy atom. The highest BCUT2D eigenvalue weighted by molar-refractivity contribution is 9.10. The van der Waals surface area contributed by atoms with Crippen molar-refractivity contribution in [3.8, 4) is 5.69 Å². The number of thiophene rings is 1. The molecule has 0 atom stereocenters. The quantitative estimate of drug-likeness (QED) is 0.283. The van der Waals surface area contributed by atoms with E-state index < -0.39 is 0 Å². The number of para-hydroxylation sites is 1. The van der Waals surface area contributed by atoms with Gasteiger partial charge in [-0.2, -0.15) is 0 Å². The summed E-state index contributed by atoms with van der Waals surface area (Å²) in [6.45, 7) is 0. The predicted molar refractivity (Wildman–Crippen MR) is 124 cm³/mol. The molecule has 1 N–H and O–H groups in total. The van der Waals surface area contributed by atoms with E-state index in [1.165, 1.54) is 23.1 Å². The van der Waals surface area contributed by atoms with E-state index in [0.717, 1.165) is 4.47 Å². The van der Waals surface area contributed by atoms with Gasteiger partial charge in [-0.1, -0.05) is 51.4 Å². The van der Waals surface area contributed by atoms with Crippen LogP contribution in [0.25, 0.3) is 15.9 Å². The van der Waals surface area contributed by atoms with Crippen LogP contribution in [0.5, 0.6) is 0 Å². The molecule has 0 radical (unpaired) electrons. The van der Waals surface area contributed by atoms with Crippen molar-refractivity contribution < 1.29 is 4.79 Å². The minimum Gasteiger partial charge on any atom is -0.324 e. The Morgan fingerprint density at radius 1 is 1.17 bits per heavy atom. The van der Waals surface area contributed by atoms with E-state index in [0.29, 0.717) is 31.8 Å². The Morgan fingerprint density at radius 3 is 2.69 bits per heavy atom. The monoisotopic (exact) mass is 505 g/mol. The van der Waals surface area contributed by atoms with Crippen molar-refractivity contribution in [1.29, 1.82) is 0 Å². The van der Waals surface area contributed by atoms with Crippen LogP contribution in [0.2, 0.25) is 5.02 Å². The predicted octanol–water partition coefficient (Wildman–Crippen LogP) is 5.59. The van der Waals surface area contributed by atoms with E-state index in [1.807, 2.05) is 29.6 Å². The van der Waals surface area contributed by atoms with Gasteiger partial charge >= 0.3 is 0 Å². The van der Waals surface area contributed by atoms with Gasteiger partial charge < -0.3 is 5.32 Å². The average molecular weight is 507 g/mol. The van der Waals surface area contributed by atoms with Crippen LogP contribution in [-0.4, -0.2) is 21.2 Å². The molecule has 0 fully saturated rings. The summed E-state index contributed by atoms with van der Waals surface area (Å²) in [5.74, 6) is -0.144. The van der Waals surface area contributed by atoms with Crippen LogP contribution in [0.1, 0.15) is 0 Å². The second-order valence-corrected chi connectivity index (χ2v) is 9.14.